The van der Waals surface area contributed by atoms with E-state index in [1.54, 1.807) is 7.05 Å². The second-order valence-electron chi connectivity index (χ2n) is 3.34. The standard InChI is InChI=1S/C7H10ClN3O3S/c1-11-6(5-3-2-4-14-5)9-10-7(11)15(8,12)13/h5H,2-4H2,1H3. The van der Waals surface area contributed by atoms with E-state index in [1.165, 1.54) is 4.57 Å². The van der Waals surface area contributed by atoms with Crippen molar-refractivity contribution >= 4 is 19.7 Å². The zero-order chi connectivity index (χ0) is 11.1. The SMILES string of the molecule is Cn1c(C2CCCO2)nnc1S(=O)(=O)Cl. The number of nitrogens with zero attached hydrogens (tertiary/aromatic N) is 3. The van der Waals surface area contributed by atoms with Gasteiger partial charge in [-0.05, 0) is 12.8 Å². The summed E-state index contributed by atoms with van der Waals surface area (Å²) >= 11 is 0. The van der Waals surface area contributed by atoms with Gasteiger partial charge < -0.3 is 9.30 Å². The summed E-state index contributed by atoms with van der Waals surface area (Å²) in [5.41, 5.74) is 0. The van der Waals surface area contributed by atoms with Crippen molar-refractivity contribution in [2.24, 2.45) is 7.05 Å². The van der Waals surface area contributed by atoms with Crippen LogP contribution < -0.4 is 0 Å². The second kappa shape index (κ2) is 3.73. The van der Waals surface area contributed by atoms with Gasteiger partial charge in [-0.1, -0.05) is 0 Å². The van der Waals surface area contributed by atoms with Gasteiger partial charge in [0.1, 0.15) is 6.10 Å². The van der Waals surface area contributed by atoms with Crippen LogP contribution in [0.1, 0.15) is 24.8 Å². The van der Waals surface area contributed by atoms with E-state index in [0.29, 0.717) is 12.4 Å². The second-order valence-corrected chi connectivity index (χ2v) is 5.80. The van der Waals surface area contributed by atoms with Crippen LogP contribution in [0.5, 0.6) is 0 Å². The van der Waals surface area contributed by atoms with Gasteiger partial charge in [-0.25, -0.2) is 8.42 Å². The lowest BCUT2D eigenvalue weighted by Gasteiger charge is -2.07. The molecule has 0 aliphatic carbocycles. The molecule has 1 aromatic heterocycles. The third-order valence-corrected chi connectivity index (χ3v) is 3.51. The molecule has 0 spiro atoms. The summed E-state index contributed by atoms with van der Waals surface area (Å²) in [6, 6.07) is 0. The quantitative estimate of drug-likeness (QED) is 0.720. The number of ether oxygens (including phenoxy) is 1. The number of aromatic nitrogens is 3. The van der Waals surface area contributed by atoms with Crippen molar-refractivity contribution in [3.05, 3.63) is 5.82 Å². The normalized spacial score (nSPS) is 22.1. The molecule has 0 N–H and O–H groups in total. The fourth-order valence-corrected chi connectivity index (χ4v) is 2.56. The van der Waals surface area contributed by atoms with Crippen LogP contribution in [0.2, 0.25) is 0 Å². The Morgan fingerprint density at radius 1 is 1.53 bits per heavy atom. The molecule has 1 aliphatic heterocycles. The van der Waals surface area contributed by atoms with Crippen LogP contribution in [-0.2, 0) is 20.8 Å². The fraction of sp³-hybridized carbons (Fsp3) is 0.714. The molecule has 1 saturated heterocycles. The highest BCUT2D eigenvalue weighted by Gasteiger charge is 2.27. The summed E-state index contributed by atoms with van der Waals surface area (Å²) in [5, 5.41) is 7.09. The van der Waals surface area contributed by atoms with Gasteiger partial charge in [0.2, 0.25) is 0 Å². The molecule has 6 nitrogen and oxygen atoms in total. The fourth-order valence-electron chi connectivity index (χ4n) is 1.60. The molecular formula is C7H10ClN3O3S. The molecule has 1 fully saturated rings. The van der Waals surface area contributed by atoms with Crippen molar-refractivity contribution < 1.29 is 13.2 Å². The molecule has 1 aromatic rings. The molecule has 1 unspecified atom stereocenters. The topological polar surface area (TPSA) is 74.1 Å². The van der Waals surface area contributed by atoms with E-state index < -0.39 is 9.05 Å². The molecule has 15 heavy (non-hydrogen) atoms. The third kappa shape index (κ3) is 1.99. The molecule has 0 amide bonds. The minimum atomic E-state index is -3.84. The Balaban J connectivity index is 2.39. The zero-order valence-corrected chi connectivity index (χ0v) is 9.62. The van der Waals surface area contributed by atoms with Crippen molar-refractivity contribution in [3.63, 3.8) is 0 Å². The van der Waals surface area contributed by atoms with E-state index >= 15 is 0 Å². The molecule has 1 atom stereocenters. The number of hydrogen-bond acceptors (Lipinski definition) is 5. The highest BCUT2D eigenvalue weighted by molar-refractivity contribution is 8.13. The van der Waals surface area contributed by atoms with E-state index in [4.69, 9.17) is 15.4 Å². The monoisotopic (exact) mass is 251 g/mol. The van der Waals surface area contributed by atoms with E-state index in [0.717, 1.165) is 12.8 Å². The van der Waals surface area contributed by atoms with Gasteiger partial charge in [-0.2, -0.15) is 0 Å². The van der Waals surface area contributed by atoms with Gasteiger partial charge in [-0.15, -0.1) is 10.2 Å². The van der Waals surface area contributed by atoms with Gasteiger partial charge in [0.25, 0.3) is 14.2 Å². The molecule has 0 saturated carbocycles. The van der Waals surface area contributed by atoms with E-state index in [1.807, 2.05) is 0 Å². The van der Waals surface area contributed by atoms with Crippen LogP contribution >= 0.6 is 10.7 Å². The Labute approximate surface area is 91.6 Å². The zero-order valence-electron chi connectivity index (χ0n) is 8.05. The molecule has 0 aromatic carbocycles. The molecule has 84 valence electrons. The summed E-state index contributed by atoms with van der Waals surface area (Å²) in [7, 11) is 2.92. The van der Waals surface area contributed by atoms with Crippen molar-refractivity contribution in [1.82, 2.24) is 14.8 Å². The molecular weight excluding hydrogens is 242 g/mol. The smallest absolute Gasteiger partial charge is 0.296 e. The molecule has 8 heteroatoms. The number of hydrogen-bond donors (Lipinski definition) is 0. The Morgan fingerprint density at radius 3 is 2.73 bits per heavy atom. The Morgan fingerprint density at radius 2 is 2.27 bits per heavy atom. The first-order valence-electron chi connectivity index (χ1n) is 4.45. The Kier molecular flexibility index (Phi) is 2.70. The predicted molar refractivity (Wildman–Crippen MR) is 52.0 cm³/mol. The number of rotatable bonds is 2. The van der Waals surface area contributed by atoms with Gasteiger partial charge in [0, 0.05) is 24.3 Å². The van der Waals surface area contributed by atoms with Crippen molar-refractivity contribution in [3.8, 4) is 0 Å². The lowest BCUT2D eigenvalue weighted by atomic mass is 10.2. The van der Waals surface area contributed by atoms with Crippen molar-refractivity contribution in [2.75, 3.05) is 6.61 Å². The lowest BCUT2D eigenvalue weighted by Crippen LogP contribution is -2.08. The van der Waals surface area contributed by atoms with Crippen LogP contribution in [0.15, 0.2) is 5.16 Å². The molecule has 1 aliphatic rings. The molecule has 2 rings (SSSR count). The Bertz CT molecular complexity index is 464. The van der Waals surface area contributed by atoms with Gasteiger partial charge in [0.15, 0.2) is 5.82 Å². The van der Waals surface area contributed by atoms with Gasteiger partial charge >= 0.3 is 0 Å². The lowest BCUT2D eigenvalue weighted by molar-refractivity contribution is 0.102. The van der Waals surface area contributed by atoms with Crippen LogP contribution in [0.3, 0.4) is 0 Å². The summed E-state index contributed by atoms with van der Waals surface area (Å²) in [4.78, 5) is 0. The van der Waals surface area contributed by atoms with E-state index in [-0.39, 0.29) is 11.3 Å². The first kappa shape index (κ1) is 10.8. The molecule has 0 bridgehead atoms. The first-order chi connectivity index (χ1) is 7.00. The Hall–Kier alpha value is -0.660. The van der Waals surface area contributed by atoms with Crippen LogP contribution in [0, 0.1) is 0 Å². The van der Waals surface area contributed by atoms with Crippen LogP contribution in [0.25, 0.3) is 0 Å². The minimum Gasteiger partial charge on any atom is -0.370 e. The van der Waals surface area contributed by atoms with Crippen LogP contribution in [-0.4, -0.2) is 29.8 Å². The molecule has 0 radical (unpaired) electrons. The maximum absolute atomic E-state index is 11.1. The van der Waals surface area contributed by atoms with Crippen LogP contribution in [0.4, 0.5) is 0 Å². The predicted octanol–water partition coefficient (Wildman–Crippen LogP) is 0.594. The maximum atomic E-state index is 11.1. The maximum Gasteiger partial charge on any atom is 0.296 e. The number of halogens is 1. The molecule has 2 heterocycles. The summed E-state index contributed by atoms with van der Waals surface area (Å²) < 4.78 is 28.9. The summed E-state index contributed by atoms with van der Waals surface area (Å²) in [6.45, 7) is 0.667. The third-order valence-electron chi connectivity index (χ3n) is 2.30. The summed E-state index contributed by atoms with van der Waals surface area (Å²) in [6.07, 6.45) is 1.60. The van der Waals surface area contributed by atoms with Crippen molar-refractivity contribution in [1.29, 1.82) is 0 Å². The first-order valence-corrected chi connectivity index (χ1v) is 6.76. The average Bonchev–Trinajstić information content (AvgIpc) is 2.69. The van der Waals surface area contributed by atoms with E-state index in [2.05, 4.69) is 10.2 Å². The van der Waals surface area contributed by atoms with Gasteiger partial charge in [-0.3, -0.25) is 0 Å². The highest BCUT2D eigenvalue weighted by atomic mass is 35.7. The van der Waals surface area contributed by atoms with Crippen molar-refractivity contribution in [2.45, 2.75) is 24.1 Å². The summed E-state index contributed by atoms with van der Waals surface area (Å²) in [5.74, 6) is 0.506. The average molecular weight is 252 g/mol. The largest absolute Gasteiger partial charge is 0.370 e. The highest BCUT2D eigenvalue weighted by Crippen LogP contribution is 2.28. The van der Waals surface area contributed by atoms with Gasteiger partial charge in [0.05, 0.1) is 0 Å². The minimum absolute atomic E-state index is 0.172. The van der Waals surface area contributed by atoms with E-state index in [9.17, 15) is 8.42 Å².